The molecule has 0 radical (unpaired) electrons. The monoisotopic (exact) mass is 441 g/mol. The van der Waals surface area contributed by atoms with Gasteiger partial charge in [0.25, 0.3) is 5.91 Å². The number of methoxy groups -OCH3 is 1. The minimum Gasteiger partial charge on any atom is -0.495 e. The summed E-state index contributed by atoms with van der Waals surface area (Å²) in [5.74, 6) is -0.269. The zero-order valence-corrected chi connectivity index (χ0v) is 16.7. The fraction of sp³-hybridized carbons (Fsp3) is 0.222. The highest BCUT2D eigenvalue weighted by Crippen LogP contribution is 2.31. The van der Waals surface area contributed by atoms with Crippen LogP contribution < -0.4 is 10.1 Å². The van der Waals surface area contributed by atoms with Crippen molar-refractivity contribution in [2.75, 3.05) is 12.4 Å². The predicted molar refractivity (Wildman–Crippen MR) is 102 cm³/mol. The van der Waals surface area contributed by atoms with E-state index in [0.717, 1.165) is 5.56 Å². The van der Waals surface area contributed by atoms with Crippen molar-refractivity contribution < 1.29 is 23.5 Å². The molecule has 1 unspecified atom stereocenters. The number of hydrogen-bond acceptors (Lipinski definition) is 5. The Kier molecular flexibility index (Phi) is 6.88. The number of nitrogens with one attached hydrogen (secondary N) is 1. The molecule has 26 heavy (non-hydrogen) atoms. The van der Waals surface area contributed by atoms with Gasteiger partial charge in [0.1, 0.15) is 11.5 Å². The number of ether oxygens (including phenoxy) is 2. The molecule has 1 amide bonds. The second-order valence-electron chi connectivity index (χ2n) is 5.35. The van der Waals surface area contributed by atoms with Crippen LogP contribution >= 0.6 is 27.5 Å². The SMILES string of the molecule is COc1cc(Cl)c(C)cc1NC(=O)C(C)OC(=O)/C=C/c1ccc(Br)o1. The number of benzene rings is 1. The Morgan fingerprint density at radius 2 is 2.08 bits per heavy atom. The number of rotatable bonds is 6. The normalized spacial score (nSPS) is 12.0. The average molecular weight is 443 g/mol. The summed E-state index contributed by atoms with van der Waals surface area (Å²) in [4.78, 5) is 24.1. The fourth-order valence-corrected chi connectivity index (χ4v) is 2.47. The number of anilines is 1. The first-order valence-corrected chi connectivity index (χ1v) is 8.76. The minimum absolute atomic E-state index is 0.413. The molecule has 0 aliphatic heterocycles. The Morgan fingerprint density at radius 3 is 2.69 bits per heavy atom. The van der Waals surface area contributed by atoms with E-state index in [4.69, 9.17) is 25.5 Å². The van der Waals surface area contributed by atoms with Gasteiger partial charge in [0.2, 0.25) is 0 Å². The number of aryl methyl sites for hydroxylation is 1. The smallest absolute Gasteiger partial charge is 0.331 e. The van der Waals surface area contributed by atoms with E-state index in [-0.39, 0.29) is 0 Å². The Hall–Kier alpha value is -2.25. The lowest BCUT2D eigenvalue weighted by Gasteiger charge is -2.15. The maximum absolute atomic E-state index is 12.3. The lowest BCUT2D eigenvalue weighted by Crippen LogP contribution is -2.29. The van der Waals surface area contributed by atoms with Crippen LogP contribution in [0, 0.1) is 6.92 Å². The van der Waals surface area contributed by atoms with Gasteiger partial charge in [-0.25, -0.2) is 4.79 Å². The van der Waals surface area contributed by atoms with E-state index in [1.807, 2.05) is 0 Å². The summed E-state index contributed by atoms with van der Waals surface area (Å²) in [6.45, 7) is 3.28. The molecule has 1 atom stereocenters. The molecule has 2 aromatic rings. The van der Waals surface area contributed by atoms with Crippen molar-refractivity contribution in [2.45, 2.75) is 20.0 Å². The standard InChI is InChI=1S/C18H17BrClNO5/c1-10-8-14(15(24-3)9-13(10)20)21-18(23)11(2)25-17(22)7-5-12-4-6-16(19)26-12/h4-9,11H,1-3H3,(H,21,23)/b7-5+. The van der Waals surface area contributed by atoms with Crippen LogP contribution in [-0.2, 0) is 14.3 Å². The van der Waals surface area contributed by atoms with Gasteiger partial charge in [0.05, 0.1) is 12.8 Å². The highest BCUT2D eigenvalue weighted by atomic mass is 79.9. The first kappa shape index (κ1) is 20.1. The molecule has 1 aromatic heterocycles. The molecule has 2 rings (SSSR count). The number of carbonyl (C=O) groups excluding carboxylic acids is 2. The average Bonchev–Trinajstić information content (AvgIpc) is 3.01. The van der Waals surface area contributed by atoms with Crippen molar-refractivity contribution in [3.05, 3.63) is 51.4 Å². The molecule has 0 spiro atoms. The molecule has 138 valence electrons. The van der Waals surface area contributed by atoms with Gasteiger partial charge in [-0.3, -0.25) is 4.79 Å². The molecule has 0 aliphatic rings. The molecule has 6 nitrogen and oxygen atoms in total. The number of esters is 1. The Bertz CT molecular complexity index is 846. The third-order valence-electron chi connectivity index (χ3n) is 3.38. The van der Waals surface area contributed by atoms with Crippen LogP contribution in [0.1, 0.15) is 18.2 Å². The van der Waals surface area contributed by atoms with Crippen LogP contribution in [0.2, 0.25) is 5.02 Å². The second kappa shape index (κ2) is 8.91. The molecule has 0 aliphatic carbocycles. The van der Waals surface area contributed by atoms with Crippen molar-refractivity contribution in [3.8, 4) is 5.75 Å². The summed E-state index contributed by atoms with van der Waals surface area (Å²) in [6, 6.07) is 6.66. The Morgan fingerprint density at radius 1 is 1.35 bits per heavy atom. The fourth-order valence-electron chi connectivity index (χ4n) is 2.00. The van der Waals surface area contributed by atoms with Crippen LogP contribution in [-0.4, -0.2) is 25.1 Å². The van der Waals surface area contributed by atoms with Crippen molar-refractivity contribution in [1.82, 2.24) is 0 Å². The van der Waals surface area contributed by atoms with Crippen molar-refractivity contribution in [2.24, 2.45) is 0 Å². The molecule has 0 bridgehead atoms. The van der Waals surface area contributed by atoms with Gasteiger partial charge in [-0.15, -0.1) is 0 Å². The van der Waals surface area contributed by atoms with E-state index in [2.05, 4.69) is 21.2 Å². The Balaban J connectivity index is 1.98. The van der Waals surface area contributed by atoms with Gasteiger partial charge in [0, 0.05) is 17.2 Å². The number of amides is 1. The van der Waals surface area contributed by atoms with Crippen LogP contribution in [0.4, 0.5) is 5.69 Å². The van der Waals surface area contributed by atoms with Crippen molar-refractivity contribution in [3.63, 3.8) is 0 Å². The predicted octanol–water partition coefficient (Wildman–Crippen LogP) is 4.60. The van der Waals surface area contributed by atoms with Gasteiger partial charge >= 0.3 is 5.97 Å². The zero-order chi connectivity index (χ0) is 19.3. The maximum Gasteiger partial charge on any atom is 0.331 e. The van der Waals surface area contributed by atoms with Gasteiger partial charge in [-0.05, 0) is 59.6 Å². The van der Waals surface area contributed by atoms with E-state index in [1.165, 1.54) is 26.2 Å². The number of hydrogen-bond donors (Lipinski definition) is 1. The van der Waals surface area contributed by atoms with E-state index in [9.17, 15) is 9.59 Å². The summed E-state index contributed by atoms with van der Waals surface area (Å²) >= 11 is 9.20. The second-order valence-corrected chi connectivity index (χ2v) is 6.53. The summed E-state index contributed by atoms with van der Waals surface area (Å²) in [5.41, 5.74) is 1.22. The number of carbonyl (C=O) groups is 2. The van der Waals surface area contributed by atoms with Gasteiger partial charge in [-0.1, -0.05) is 11.6 Å². The summed E-state index contributed by atoms with van der Waals surface area (Å²) in [6.07, 6.45) is 1.63. The van der Waals surface area contributed by atoms with Crippen molar-refractivity contribution in [1.29, 1.82) is 0 Å². The van der Waals surface area contributed by atoms with E-state index < -0.39 is 18.0 Å². The third-order valence-corrected chi connectivity index (χ3v) is 4.21. The summed E-state index contributed by atoms with van der Waals surface area (Å²) in [7, 11) is 1.47. The van der Waals surface area contributed by atoms with Crippen LogP contribution in [0.15, 0.2) is 39.4 Å². The van der Waals surface area contributed by atoms with Crippen molar-refractivity contribution >= 4 is 51.2 Å². The molecule has 8 heteroatoms. The van der Waals surface area contributed by atoms with E-state index in [0.29, 0.717) is 26.9 Å². The van der Waals surface area contributed by atoms with Crippen LogP contribution in [0.5, 0.6) is 5.75 Å². The molecule has 1 aromatic carbocycles. The summed E-state index contributed by atoms with van der Waals surface area (Å²) in [5, 5.41) is 3.19. The van der Waals surface area contributed by atoms with Crippen LogP contribution in [0.25, 0.3) is 6.08 Å². The van der Waals surface area contributed by atoms with Gasteiger partial charge in [-0.2, -0.15) is 0 Å². The first-order chi connectivity index (χ1) is 12.3. The van der Waals surface area contributed by atoms with Crippen LogP contribution in [0.3, 0.4) is 0 Å². The molecular formula is C18H17BrClNO5. The zero-order valence-electron chi connectivity index (χ0n) is 14.3. The highest BCUT2D eigenvalue weighted by Gasteiger charge is 2.19. The number of halogens is 2. The van der Waals surface area contributed by atoms with Gasteiger partial charge < -0.3 is 19.2 Å². The van der Waals surface area contributed by atoms with Gasteiger partial charge in [0.15, 0.2) is 10.8 Å². The lowest BCUT2D eigenvalue weighted by molar-refractivity contribution is -0.148. The Labute approximate surface area is 164 Å². The molecule has 0 saturated carbocycles. The van der Waals surface area contributed by atoms with E-state index in [1.54, 1.807) is 31.2 Å². The quantitative estimate of drug-likeness (QED) is 0.523. The topological polar surface area (TPSA) is 77.8 Å². The lowest BCUT2D eigenvalue weighted by atomic mass is 10.2. The summed E-state index contributed by atoms with van der Waals surface area (Å²) < 4.78 is 16.1. The molecular weight excluding hydrogens is 426 g/mol. The third kappa shape index (κ3) is 5.37. The largest absolute Gasteiger partial charge is 0.495 e. The molecule has 0 fully saturated rings. The highest BCUT2D eigenvalue weighted by molar-refractivity contribution is 9.10. The van der Waals surface area contributed by atoms with E-state index >= 15 is 0 Å². The molecule has 1 N–H and O–H groups in total. The number of furan rings is 1. The first-order valence-electron chi connectivity index (χ1n) is 7.59. The maximum atomic E-state index is 12.3. The minimum atomic E-state index is -1.00. The molecule has 1 heterocycles. The molecule has 0 saturated heterocycles.